The number of rotatable bonds is 2. The lowest BCUT2D eigenvalue weighted by atomic mass is 10.1. The fraction of sp³-hybridized carbons (Fsp3) is 0.357. The average molecular weight is 303 g/mol. The molecular formula is C14H14ClF3N2. The standard InChI is InChI=1S/C14H14ClF3N2/c1-8(2)12-9(3)19-20(13(12)15)11-6-4-10(5-7-11)14(16,17)18/h4-8H,1-3H3. The van der Waals surface area contributed by atoms with Gasteiger partial charge in [0.05, 0.1) is 16.9 Å². The number of nitrogens with zero attached hydrogens (tertiary/aromatic N) is 2. The van der Waals surface area contributed by atoms with E-state index in [4.69, 9.17) is 11.6 Å². The van der Waals surface area contributed by atoms with Crippen LogP contribution >= 0.6 is 11.6 Å². The van der Waals surface area contributed by atoms with Gasteiger partial charge < -0.3 is 0 Å². The van der Waals surface area contributed by atoms with Crippen molar-refractivity contribution in [3.05, 3.63) is 46.2 Å². The van der Waals surface area contributed by atoms with Crippen LogP contribution in [0.4, 0.5) is 13.2 Å². The van der Waals surface area contributed by atoms with Gasteiger partial charge >= 0.3 is 6.18 Å². The molecule has 108 valence electrons. The van der Waals surface area contributed by atoms with Crippen LogP contribution in [0.1, 0.15) is 36.6 Å². The molecule has 0 saturated heterocycles. The summed E-state index contributed by atoms with van der Waals surface area (Å²) in [6.45, 7) is 5.82. The Balaban J connectivity index is 2.45. The van der Waals surface area contributed by atoms with Crippen LogP contribution in [0.15, 0.2) is 24.3 Å². The summed E-state index contributed by atoms with van der Waals surface area (Å²) in [6.07, 6.45) is -4.34. The van der Waals surface area contributed by atoms with Gasteiger partial charge in [-0.1, -0.05) is 25.4 Å². The molecule has 0 atom stereocenters. The summed E-state index contributed by atoms with van der Waals surface area (Å²) >= 11 is 6.27. The summed E-state index contributed by atoms with van der Waals surface area (Å²) in [4.78, 5) is 0. The zero-order valence-corrected chi connectivity index (χ0v) is 12.0. The largest absolute Gasteiger partial charge is 0.416 e. The maximum atomic E-state index is 12.5. The van der Waals surface area contributed by atoms with Gasteiger partial charge in [0.25, 0.3) is 0 Å². The van der Waals surface area contributed by atoms with Crippen LogP contribution in [-0.2, 0) is 6.18 Å². The Morgan fingerprint density at radius 1 is 1.15 bits per heavy atom. The van der Waals surface area contributed by atoms with Crippen molar-refractivity contribution in [2.75, 3.05) is 0 Å². The molecule has 2 nitrogen and oxygen atoms in total. The first kappa shape index (κ1) is 14.9. The highest BCUT2D eigenvalue weighted by molar-refractivity contribution is 6.30. The molecule has 2 aromatic rings. The molecule has 0 aliphatic rings. The molecule has 1 heterocycles. The fourth-order valence-corrected chi connectivity index (χ4v) is 2.62. The number of aromatic nitrogens is 2. The van der Waals surface area contributed by atoms with Crippen molar-refractivity contribution in [2.24, 2.45) is 0 Å². The molecule has 0 saturated carbocycles. The number of halogens is 4. The summed E-state index contributed by atoms with van der Waals surface area (Å²) in [5.41, 5.74) is 1.51. The maximum absolute atomic E-state index is 12.5. The van der Waals surface area contributed by atoms with Crippen molar-refractivity contribution >= 4 is 11.6 Å². The van der Waals surface area contributed by atoms with E-state index in [2.05, 4.69) is 5.10 Å². The molecule has 2 rings (SSSR count). The number of hydrogen-bond acceptors (Lipinski definition) is 1. The monoisotopic (exact) mass is 302 g/mol. The van der Waals surface area contributed by atoms with Crippen molar-refractivity contribution in [1.29, 1.82) is 0 Å². The third-order valence-electron chi connectivity index (χ3n) is 3.06. The van der Waals surface area contributed by atoms with Crippen molar-refractivity contribution in [1.82, 2.24) is 9.78 Å². The van der Waals surface area contributed by atoms with E-state index in [1.165, 1.54) is 16.8 Å². The van der Waals surface area contributed by atoms with Gasteiger partial charge in [0, 0.05) is 5.56 Å². The van der Waals surface area contributed by atoms with Gasteiger partial charge in [-0.2, -0.15) is 18.3 Å². The van der Waals surface area contributed by atoms with Crippen LogP contribution in [0.25, 0.3) is 5.69 Å². The third kappa shape index (κ3) is 2.68. The summed E-state index contributed by atoms with van der Waals surface area (Å²) in [5, 5.41) is 4.74. The van der Waals surface area contributed by atoms with Crippen LogP contribution in [0.3, 0.4) is 0 Å². The molecule has 0 unspecified atom stereocenters. The zero-order valence-electron chi connectivity index (χ0n) is 11.3. The first-order valence-corrected chi connectivity index (χ1v) is 6.52. The molecule has 0 N–H and O–H groups in total. The van der Waals surface area contributed by atoms with E-state index < -0.39 is 11.7 Å². The van der Waals surface area contributed by atoms with E-state index in [0.717, 1.165) is 23.4 Å². The van der Waals surface area contributed by atoms with E-state index >= 15 is 0 Å². The lowest BCUT2D eigenvalue weighted by molar-refractivity contribution is -0.137. The second kappa shape index (κ2) is 5.13. The SMILES string of the molecule is Cc1nn(-c2ccc(C(F)(F)F)cc2)c(Cl)c1C(C)C. The highest BCUT2D eigenvalue weighted by Crippen LogP contribution is 2.32. The predicted molar refractivity (Wildman–Crippen MR) is 72.4 cm³/mol. The first-order chi connectivity index (χ1) is 9.21. The van der Waals surface area contributed by atoms with Gasteiger partial charge in [-0.05, 0) is 37.1 Å². The minimum atomic E-state index is -4.34. The number of alkyl halides is 3. The second-order valence-corrected chi connectivity index (χ2v) is 5.26. The molecule has 0 amide bonds. The summed E-state index contributed by atoms with van der Waals surface area (Å²) in [6, 6.07) is 4.78. The summed E-state index contributed by atoms with van der Waals surface area (Å²) in [7, 11) is 0. The molecule has 0 bridgehead atoms. The fourth-order valence-electron chi connectivity index (χ4n) is 2.13. The first-order valence-electron chi connectivity index (χ1n) is 6.14. The smallest absolute Gasteiger partial charge is 0.222 e. The van der Waals surface area contributed by atoms with Crippen molar-refractivity contribution < 1.29 is 13.2 Å². The predicted octanol–water partition coefficient (Wildman–Crippen LogP) is 4.98. The Morgan fingerprint density at radius 2 is 1.70 bits per heavy atom. The molecule has 0 spiro atoms. The maximum Gasteiger partial charge on any atom is 0.416 e. The van der Waals surface area contributed by atoms with Crippen molar-refractivity contribution in [3.63, 3.8) is 0 Å². The van der Waals surface area contributed by atoms with E-state index in [1.807, 2.05) is 20.8 Å². The molecule has 0 aliphatic heterocycles. The van der Waals surface area contributed by atoms with E-state index in [1.54, 1.807) is 0 Å². The van der Waals surface area contributed by atoms with Crippen LogP contribution in [0, 0.1) is 6.92 Å². The van der Waals surface area contributed by atoms with Gasteiger partial charge in [0.1, 0.15) is 5.15 Å². The lowest BCUT2D eigenvalue weighted by Gasteiger charge is -2.09. The third-order valence-corrected chi connectivity index (χ3v) is 3.43. The van der Waals surface area contributed by atoms with Gasteiger partial charge in [-0.25, -0.2) is 4.68 Å². The van der Waals surface area contributed by atoms with Gasteiger partial charge in [0.15, 0.2) is 0 Å². The second-order valence-electron chi connectivity index (χ2n) is 4.90. The molecule has 0 fully saturated rings. The molecule has 1 aromatic carbocycles. The molecule has 20 heavy (non-hydrogen) atoms. The van der Waals surface area contributed by atoms with E-state index in [9.17, 15) is 13.2 Å². The Hall–Kier alpha value is -1.49. The molecular weight excluding hydrogens is 289 g/mol. The molecule has 6 heteroatoms. The normalized spacial score (nSPS) is 12.2. The number of aryl methyl sites for hydroxylation is 1. The zero-order chi connectivity index (χ0) is 15.1. The van der Waals surface area contributed by atoms with Crippen LogP contribution in [0.5, 0.6) is 0 Å². The minimum absolute atomic E-state index is 0.200. The number of hydrogen-bond donors (Lipinski definition) is 0. The van der Waals surface area contributed by atoms with Crippen molar-refractivity contribution in [3.8, 4) is 5.69 Å². The summed E-state index contributed by atoms with van der Waals surface area (Å²) < 4.78 is 39.0. The highest BCUT2D eigenvalue weighted by atomic mass is 35.5. The summed E-state index contributed by atoms with van der Waals surface area (Å²) in [5.74, 6) is 0.200. The highest BCUT2D eigenvalue weighted by Gasteiger charge is 2.30. The molecule has 0 aliphatic carbocycles. The van der Waals surface area contributed by atoms with Gasteiger partial charge in [-0.3, -0.25) is 0 Å². The molecule has 1 aromatic heterocycles. The van der Waals surface area contributed by atoms with Crippen LogP contribution in [-0.4, -0.2) is 9.78 Å². The Kier molecular flexibility index (Phi) is 3.82. The lowest BCUT2D eigenvalue weighted by Crippen LogP contribution is -2.05. The average Bonchev–Trinajstić information content (AvgIpc) is 2.64. The quantitative estimate of drug-likeness (QED) is 0.765. The van der Waals surface area contributed by atoms with Crippen LogP contribution < -0.4 is 0 Å². The van der Waals surface area contributed by atoms with Gasteiger partial charge in [0.2, 0.25) is 0 Å². The van der Waals surface area contributed by atoms with Crippen molar-refractivity contribution in [2.45, 2.75) is 32.9 Å². The minimum Gasteiger partial charge on any atom is -0.222 e. The molecule has 0 radical (unpaired) electrons. The van der Waals surface area contributed by atoms with Gasteiger partial charge in [-0.15, -0.1) is 0 Å². The topological polar surface area (TPSA) is 17.8 Å². The number of benzene rings is 1. The van der Waals surface area contributed by atoms with E-state index in [-0.39, 0.29) is 5.92 Å². The van der Waals surface area contributed by atoms with E-state index in [0.29, 0.717) is 10.8 Å². The Labute approximate surface area is 120 Å². The Bertz CT molecular complexity index is 613. The van der Waals surface area contributed by atoms with Crippen LogP contribution in [0.2, 0.25) is 5.15 Å². The Morgan fingerprint density at radius 3 is 2.10 bits per heavy atom.